The summed E-state index contributed by atoms with van der Waals surface area (Å²) in [6, 6.07) is 0. The minimum absolute atomic E-state index is 0.00665. The first-order valence-electron chi connectivity index (χ1n) is 11.5. The van der Waals surface area contributed by atoms with E-state index in [2.05, 4.69) is 13.8 Å². The van der Waals surface area contributed by atoms with Crippen LogP contribution in [0.1, 0.15) is 59.8 Å². The van der Waals surface area contributed by atoms with Gasteiger partial charge in [-0.25, -0.2) is 0 Å². The molecule has 8 atom stereocenters. The number of carbonyl (C=O) groups excluding carboxylic acids is 3. The molecule has 4 aliphatic carbocycles. The Hall–Kier alpha value is -1.79. The van der Waals surface area contributed by atoms with E-state index in [1.807, 2.05) is 13.0 Å². The number of ketones is 2. The first-order valence-corrected chi connectivity index (χ1v) is 11.5. The maximum Gasteiger partial charge on any atom is 0.306 e. The van der Waals surface area contributed by atoms with Gasteiger partial charge in [-0.15, -0.1) is 0 Å². The first kappa shape index (κ1) is 22.4. The van der Waals surface area contributed by atoms with Crippen LogP contribution in [0.3, 0.4) is 0 Å². The van der Waals surface area contributed by atoms with Gasteiger partial charge in [-0.1, -0.05) is 39.3 Å². The van der Waals surface area contributed by atoms with Crippen molar-refractivity contribution in [3.8, 4) is 0 Å². The van der Waals surface area contributed by atoms with Crippen LogP contribution in [0, 0.1) is 34.5 Å². The van der Waals surface area contributed by atoms with Crippen molar-refractivity contribution < 1.29 is 29.3 Å². The number of aliphatic hydroxyl groups excluding tert-OH is 2. The second-order valence-electron chi connectivity index (χ2n) is 10.5. The zero-order valence-electron chi connectivity index (χ0n) is 18.9. The Morgan fingerprint density at radius 1 is 1.29 bits per heavy atom. The van der Waals surface area contributed by atoms with Crippen molar-refractivity contribution in [1.82, 2.24) is 0 Å². The smallest absolute Gasteiger partial charge is 0.306 e. The summed E-state index contributed by atoms with van der Waals surface area (Å²) >= 11 is 0. The van der Waals surface area contributed by atoms with E-state index < -0.39 is 40.9 Å². The molecule has 4 aliphatic rings. The van der Waals surface area contributed by atoms with Gasteiger partial charge in [-0.2, -0.15) is 0 Å². The van der Waals surface area contributed by atoms with Crippen molar-refractivity contribution in [2.24, 2.45) is 34.5 Å². The Balaban J connectivity index is 1.79. The van der Waals surface area contributed by atoms with Crippen LogP contribution in [0.15, 0.2) is 23.8 Å². The Labute approximate surface area is 183 Å². The van der Waals surface area contributed by atoms with E-state index in [0.29, 0.717) is 19.3 Å². The van der Waals surface area contributed by atoms with E-state index in [1.54, 1.807) is 19.1 Å². The predicted octanol–water partition coefficient (Wildman–Crippen LogP) is 2.76. The highest BCUT2D eigenvalue weighted by Gasteiger charge is 2.70. The maximum atomic E-state index is 13.0. The van der Waals surface area contributed by atoms with Gasteiger partial charge >= 0.3 is 5.97 Å². The maximum absolute atomic E-state index is 13.0. The molecular formula is C25H34O6. The number of esters is 1. The summed E-state index contributed by atoms with van der Waals surface area (Å²) in [6.45, 7) is 7.20. The fourth-order valence-electron chi connectivity index (χ4n) is 7.81. The van der Waals surface area contributed by atoms with E-state index >= 15 is 0 Å². The van der Waals surface area contributed by atoms with Crippen LogP contribution in [0.25, 0.3) is 0 Å². The third-order valence-corrected chi connectivity index (χ3v) is 9.11. The van der Waals surface area contributed by atoms with E-state index in [4.69, 9.17) is 4.74 Å². The van der Waals surface area contributed by atoms with Gasteiger partial charge in [0.1, 0.15) is 6.61 Å². The highest BCUT2D eigenvalue weighted by molar-refractivity contribution is 6.01. The van der Waals surface area contributed by atoms with Crippen molar-refractivity contribution in [2.45, 2.75) is 71.5 Å². The summed E-state index contributed by atoms with van der Waals surface area (Å²) in [6.07, 6.45) is 6.95. The largest absolute Gasteiger partial charge is 0.450 e. The van der Waals surface area contributed by atoms with Gasteiger partial charge in [0.05, 0.1) is 6.10 Å². The van der Waals surface area contributed by atoms with E-state index in [9.17, 15) is 24.6 Å². The highest BCUT2D eigenvalue weighted by Crippen LogP contribution is 2.68. The molecule has 2 N–H and O–H groups in total. The van der Waals surface area contributed by atoms with Crippen LogP contribution in [0.4, 0.5) is 0 Å². The van der Waals surface area contributed by atoms with Crippen LogP contribution in [0.2, 0.25) is 0 Å². The highest BCUT2D eigenvalue weighted by atomic mass is 16.6. The molecule has 0 saturated heterocycles. The number of rotatable bonds is 4. The lowest BCUT2D eigenvalue weighted by molar-refractivity contribution is -0.201. The summed E-state index contributed by atoms with van der Waals surface area (Å²) in [5.74, 6) is -0.624. The van der Waals surface area contributed by atoms with Gasteiger partial charge in [0.25, 0.3) is 0 Å². The molecule has 0 amide bonds. The number of carbonyl (C=O) groups is 3. The lowest BCUT2D eigenvalue weighted by Gasteiger charge is -2.61. The van der Waals surface area contributed by atoms with Crippen molar-refractivity contribution in [3.05, 3.63) is 23.8 Å². The Morgan fingerprint density at radius 3 is 2.65 bits per heavy atom. The topological polar surface area (TPSA) is 101 Å². The normalized spacial score (nSPS) is 45.9. The summed E-state index contributed by atoms with van der Waals surface area (Å²) in [5.41, 5.74) is -1.48. The fraction of sp³-hybridized carbons (Fsp3) is 0.720. The average molecular weight is 431 g/mol. The number of Topliss-reactive ketones (excluding diaryl/α,β-unsaturated/α-hetero) is 1. The quantitative estimate of drug-likeness (QED) is 0.665. The van der Waals surface area contributed by atoms with Gasteiger partial charge in [0, 0.05) is 23.2 Å². The van der Waals surface area contributed by atoms with Gasteiger partial charge in [0.15, 0.2) is 11.4 Å². The fourth-order valence-corrected chi connectivity index (χ4v) is 7.81. The molecule has 31 heavy (non-hydrogen) atoms. The summed E-state index contributed by atoms with van der Waals surface area (Å²) < 4.78 is 5.84. The summed E-state index contributed by atoms with van der Waals surface area (Å²) in [4.78, 5) is 37.4. The van der Waals surface area contributed by atoms with Crippen molar-refractivity contribution in [1.29, 1.82) is 0 Å². The molecule has 0 aromatic rings. The number of hydrogen-bond donors (Lipinski definition) is 2. The Kier molecular flexibility index (Phi) is 5.33. The standard InChI is InChI=1S/C25H34O6/c1-5-21(30)31-25(20(29)13-26)9-7-17-16-10-14(2)18-11-15(27)6-8-23(18,3)22(16)19(28)12-24(17,25)4/h6,8,11,14,16-17,19,22,26,28H,5,7,9-10,12-13H2,1-4H3/t14?,16-,17-,19?,22+,23-,24-,25-/m0/s1. The first-order chi connectivity index (χ1) is 14.5. The molecule has 0 aromatic heterocycles. The second-order valence-corrected chi connectivity index (χ2v) is 10.5. The zero-order chi connectivity index (χ0) is 22.8. The van der Waals surface area contributed by atoms with Crippen LogP contribution in [0.5, 0.6) is 0 Å². The Bertz CT molecular complexity index is 873. The van der Waals surface area contributed by atoms with Crippen molar-refractivity contribution in [3.63, 3.8) is 0 Å². The number of hydrogen-bond acceptors (Lipinski definition) is 6. The van der Waals surface area contributed by atoms with Crippen molar-refractivity contribution >= 4 is 17.5 Å². The van der Waals surface area contributed by atoms with Crippen LogP contribution < -0.4 is 0 Å². The lowest BCUT2D eigenvalue weighted by Crippen LogP contribution is -2.63. The van der Waals surface area contributed by atoms with E-state index in [0.717, 1.165) is 12.0 Å². The van der Waals surface area contributed by atoms with Crippen LogP contribution in [-0.2, 0) is 19.1 Å². The summed E-state index contributed by atoms with van der Waals surface area (Å²) in [7, 11) is 0. The van der Waals surface area contributed by atoms with E-state index in [-0.39, 0.29) is 35.9 Å². The molecule has 0 bridgehead atoms. The zero-order valence-corrected chi connectivity index (χ0v) is 18.9. The molecule has 6 heteroatoms. The number of allylic oxidation sites excluding steroid dienone is 4. The van der Waals surface area contributed by atoms with Gasteiger partial charge in [0.2, 0.25) is 5.78 Å². The van der Waals surface area contributed by atoms with Crippen LogP contribution >= 0.6 is 0 Å². The monoisotopic (exact) mass is 430 g/mol. The molecule has 3 fully saturated rings. The second kappa shape index (κ2) is 7.38. The molecule has 0 aromatic carbocycles. The van der Waals surface area contributed by atoms with Gasteiger partial charge < -0.3 is 14.9 Å². The molecule has 2 unspecified atom stereocenters. The average Bonchev–Trinajstić information content (AvgIpc) is 3.01. The molecule has 170 valence electrons. The molecule has 3 saturated carbocycles. The minimum Gasteiger partial charge on any atom is -0.450 e. The van der Waals surface area contributed by atoms with Crippen molar-refractivity contribution in [2.75, 3.05) is 6.61 Å². The molecule has 0 heterocycles. The number of fused-ring (bicyclic) bond motifs is 5. The molecule has 0 radical (unpaired) electrons. The van der Waals surface area contributed by atoms with Gasteiger partial charge in [-0.05, 0) is 55.6 Å². The lowest BCUT2D eigenvalue weighted by atomic mass is 9.44. The number of ether oxygens (including phenoxy) is 1. The van der Waals surface area contributed by atoms with Crippen LogP contribution in [-0.4, -0.2) is 46.1 Å². The molecule has 0 spiro atoms. The molecule has 0 aliphatic heterocycles. The molecule has 4 rings (SSSR count). The summed E-state index contributed by atoms with van der Waals surface area (Å²) in [5, 5.41) is 21.3. The Morgan fingerprint density at radius 2 is 2.00 bits per heavy atom. The third-order valence-electron chi connectivity index (χ3n) is 9.11. The predicted molar refractivity (Wildman–Crippen MR) is 114 cm³/mol. The molecular weight excluding hydrogens is 396 g/mol. The SMILES string of the molecule is CCC(=O)O[C@]1(C(=O)CO)CC[C@H]2[C@@H]3CC(C)C4=CC(=O)C=C[C@]4(C)[C@H]3C(O)C[C@@]21C. The van der Waals surface area contributed by atoms with Gasteiger partial charge in [-0.3, -0.25) is 14.4 Å². The number of aliphatic hydroxyl groups is 2. The minimum atomic E-state index is -1.40. The molecule has 6 nitrogen and oxygen atoms in total. The third kappa shape index (κ3) is 2.94. The van der Waals surface area contributed by atoms with E-state index in [1.165, 1.54) is 0 Å².